The number of aromatic nitrogens is 2. The molecule has 0 saturated carbocycles. The van der Waals surface area contributed by atoms with Crippen LogP contribution in [0, 0.1) is 5.82 Å². The van der Waals surface area contributed by atoms with Gasteiger partial charge in [-0.3, -0.25) is 4.79 Å². The van der Waals surface area contributed by atoms with Crippen LogP contribution < -0.4 is 0 Å². The number of nitrogens with zero attached hydrogens (tertiary/aromatic N) is 2. The standard InChI is InChI=1S/C12H10ClFN2O2/c1-7(17)5-12-15-11(16-18-12)6-8-9(13)3-2-4-10(8)14/h2-4H,5-6H2,1H3. The largest absolute Gasteiger partial charge is 0.339 e. The minimum absolute atomic E-state index is 0.0749. The van der Waals surface area contributed by atoms with E-state index in [1.807, 2.05) is 0 Å². The predicted octanol–water partition coefficient (Wildman–Crippen LogP) is 2.58. The van der Waals surface area contributed by atoms with Gasteiger partial charge in [-0.05, 0) is 19.1 Å². The lowest BCUT2D eigenvalue weighted by atomic mass is 10.1. The van der Waals surface area contributed by atoms with Crippen molar-refractivity contribution < 1.29 is 13.7 Å². The Labute approximate surface area is 108 Å². The van der Waals surface area contributed by atoms with Crippen LogP contribution in [0.5, 0.6) is 0 Å². The van der Waals surface area contributed by atoms with Crippen LogP contribution in [-0.4, -0.2) is 15.9 Å². The summed E-state index contributed by atoms with van der Waals surface area (Å²) in [6, 6.07) is 4.44. The first-order chi connectivity index (χ1) is 8.56. The molecule has 0 bridgehead atoms. The molecule has 0 atom stereocenters. The number of halogens is 2. The molecular formula is C12H10ClFN2O2. The number of rotatable bonds is 4. The van der Waals surface area contributed by atoms with Crippen molar-refractivity contribution >= 4 is 17.4 Å². The Hall–Kier alpha value is -1.75. The third kappa shape index (κ3) is 2.92. The van der Waals surface area contributed by atoms with Gasteiger partial charge in [-0.25, -0.2) is 4.39 Å². The van der Waals surface area contributed by atoms with Gasteiger partial charge in [0, 0.05) is 17.0 Å². The highest BCUT2D eigenvalue weighted by atomic mass is 35.5. The minimum atomic E-state index is -0.416. The van der Waals surface area contributed by atoms with Gasteiger partial charge in [-0.15, -0.1) is 0 Å². The molecule has 0 saturated heterocycles. The quantitative estimate of drug-likeness (QED) is 0.855. The van der Waals surface area contributed by atoms with Crippen molar-refractivity contribution in [3.05, 3.63) is 46.3 Å². The van der Waals surface area contributed by atoms with Crippen LogP contribution in [0.3, 0.4) is 0 Å². The van der Waals surface area contributed by atoms with Gasteiger partial charge in [0.05, 0.1) is 6.42 Å². The number of ketones is 1. The molecule has 0 unspecified atom stereocenters. The molecule has 0 aliphatic heterocycles. The van der Waals surface area contributed by atoms with Crippen molar-refractivity contribution in [2.45, 2.75) is 19.8 Å². The average molecular weight is 269 g/mol. The fourth-order valence-corrected chi connectivity index (χ4v) is 1.74. The first kappa shape index (κ1) is 12.7. The van der Waals surface area contributed by atoms with E-state index in [0.717, 1.165) is 0 Å². The molecular weight excluding hydrogens is 259 g/mol. The fourth-order valence-electron chi connectivity index (χ4n) is 1.51. The summed E-state index contributed by atoms with van der Waals surface area (Å²) in [5.41, 5.74) is 0.314. The summed E-state index contributed by atoms with van der Waals surface area (Å²) >= 11 is 5.89. The SMILES string of the molecule is CC(=O)Cc1nc(Cc2c(F)cccc2Cl)no1. The molecule has 1 heterocycles. The third-order valence-electron chi connectivity index (χ3n) is 2.31. The second kappa shape index (κ2) is 5.27. The highest BCUT2D eigenvalue weighted by molar-refractivity contribution is 6.31. The van der Waals surface area contributed by atoms with Gasteiger partial charge in [0.2, 0.25) is 5.89 Å². The van der Waals surface area contributed by atoms with Gasteiger partial charge >= 0.3 is 0 Å². The van der Waals surface area contributed by atoms with E-state index in [1.165, 1.54) is 19.1 Å². The zero-order chi connectivity index (χ0) is 13.1. The Morgan fingerprint density at radius 3 is 2.94 bits per heavy atom. The number of Topliss-reactive ketones (excluding diaryl/α,β-unsaturated/α-hetero) is 1. The van der Waals surface area contributed by atoms with Crippen molar-refractivity contribution in [1.29, 1.82) is 0 Å². The molecule has 0 amide bonds. The van der Waals surface area contributed by atoms with E-state index in [9.17, 15) is 9.18 Å². The Balaban J connectivity index is 2.19. The number of hydrogen-bond acceptors (Lipinski definition) is 4. The lowest BCUT2D eigenvalue weighted by Crippen LogP contribution is -1.98. The molecule has 94 valence electrons. The first-order valence-electron chi connectivity index (χ1n) is 5.30. The molecule has 0 radical (unpaired) electrons. The van der Waals surface area contributed by atoms with Crippen LogP contribution in [0.2, 0.25) is 5.02 Å². The molecule has 0 N–H and O–H groups in total. The first-order valence-corrected chi connectivity index (χ1v) is 5.68. The Morgan fingerprint density at radius 1 is 1.50 bits per heavy atom. The second-order valence-corrected chi connectivity index (χ2v) is 4.27. The molecule has 0 fully saturated rings. The molecule has 0 spiro atoms. The van der Waals surface area contributed by atoms with Gasteiger partial charge < -0.3 is 4.52 Å². The van der Waals surface area contributed by atoms with Crippen LogP contribution in [0.15, 0.2) is 22.7 Å². The van der Waals surface area contributed by atoms with Gasteiger partial charge in [-0.1, -0.05) is 22.8 Å². The van der Waals surface area contributed by atoms with Gasteiger partial charge in [0.1, 0.15) is 11.6 Å². The van der Waals surface area contributed by atoms with Gasteiger partial charge in [0.15, 0.2) is 5.82 Å². The smallest absolute Gasteiger partial charge is 0.234 e. The van der Waals surface area contributed by atoms with Crippen LogP contribution in [-0.2, 0) is 17.6 Å². The predicted molar refractivity (Wildman–Crippen MR) is 62.9 cm³/mol. The Bertz CT molecular complexity index is 563. The normalized spacial score (nSPS) is 10.6. The lowest BCUT2D eigenvalue weighted by molar-refractivity contribution is -0.116. The number of carbonyl (C=O) groups excluding carboxylic acids is 1. The summed E-state index contributed by atoms with van der Waals surface area (Å²) in [6.07, 6.45) is 0.213. The molecule has 6 heteroatoms. The molecule has 2 rings (SSSR count). The summed E-state index contributed by atoms with van der Waals surface area (Å²) in [7, 11) is 0. The van der Waals surface area contributed by atoms with Crippen molar-refractivity contribution in [2.24, 2.45) is 0 Å². The highest BCUT2D eigenvalue weighted by Crippen LogP contribution is 2.21. The van der Waals surface area contributed by atoms with E-state index < -0.39 is 5.82 Å². The number of benzene rings is 1. The monoisotopic (exact) mass is 268 g/mol. The number of hydrogen-bond donors (Lipinski definition) is 0. The molecule has 4 nitrogen and oxygen atoms in total. The zero-order valence-electron chi connectivity index (χ0n) is 9.61. The van der Waals surface area contributed by atoms with E-state index >= 15 is 0 Å². The molecule has 0 aliphatic carbocycles. The second-order valence-electron chi connectivity index (χ2n) is 3.86. The summed E-state index contributed by atoms with van der Waals surface area (Å²) in [5, 5.41) is 4.00. The maximum atomic E-state index is 13.5. The van der Waals surface area contributed by atoms with E-state index in [0.29, 0.717) is 16.4 Å². The van der Waals surface area contributed by atoms with Crippen molar-refractivity contribution in [1.82, 2.24) is 10.1 Å². The van der Waals surface area contributed by atoms with Gasteiger partial charge in [-0.2, -0.15) is 4.98 Å². The fraction of sp³-hybridized carbons (Fsp3) is 0.250. The highest BCUT2D eigenvalue weighted by Gasteiger charge is 2.13. The summed E-state index contributed by atoms with van der Waals surface area (Å²) in [6.45, 7) is 1.43. The van der Waals surface area contributed by atoms with E-state index in [4.69, 9.17) is 16.1 Å². The maximum Gasteiger partial charge on any atom is 0.234 e. The lowest BCUT2D eigenvalue weighted by Gasteiger charge is -2.01. The van der Waals surface area contributed by atoms with Crippen LogP contribution in [0.25, 0.3) is 0 Å². The van der Waals surface area contributed by atoms with Crippen LogP contribution >= 0.6 is 11.6 Å². The van der Waals surface area contributed by atoms with Crippen LogP contribution in [0.1, 0.15) is 24.2 Å². The average Bonchev–Trinajstić information content (AvgIpc) is 2.70. The van der Waals surface area contributed by atoms with E-state index in [1.54, 1.807) is 6.07 Å². The number of carbonyl (C=O) groups is 1. The van der Waals surface area contributed by atoms with E-state index in [2.05, 4.69) is 10.1 Å². The van der Waals surface area contributed by atoms with Crippen molar-refractivity contribution in [3.8, 4) is 0 Å². The van der Waals surface area contributed by atoms with Crippen molar-refractivity contribution in [3.63, 3.8) is 0 Å². The van der Waals surface area contributed by atoms with E-state index in [-0.39, 0.29) is 24.5 Å². The van der Waals surface area contributed by atoms with Gasteiger partial charge in [0.25, 0.3) is 0 Å². The summed E-state index contributed by atoms with van der Waals surface area (Å²) < 4.78 is 18.4. The Kier molecular flexibility index (Phi) is 3.72. The molecule has 18 heavy (non-hydrogen) atoms. The summed E-state index contributed by atoms with van der Waals surface area (Å²) in [4.78, 5) is 14.9. The van der Waals surface area contributed by atoms with Crippen molar-refractivity contribution in [2.75, 3.05) is 0 Å². The molecule has 0 aliphatic rings. The minimum Gasteiger partial charge on any atom is -0.339 e. The molecule has 1 aromatic carbocycles. The maximum absolute atomic E-state index is 13.5. The molecule has 1 aromatic heterocycles. The topological polar surface area (TPSA) is 56.0 Å². The zero-order valence-corrected chi connectivity index (χ0v) is 10.4. The molecule has 2 aromatic rings. The van der Waals surface area contributed by atoms with Crippen LogP contribution in [0.4, 0.5) is 4.39 Å². The Morgan fingerprint density at radius 2 is 2.28 bits per heavy atom. The third-order valence-corrected chi connectivity index (χ3v) is 2.66. The summed E-state index contributed by atoms with van der Waals surface area (Å²) in [5.74, 6) is 0.0396.